The van der Waals surface area contributed by atoms with Gasteiger partial charge in [0.1, 0.15) is 10.8 Å². The van der Waals surface area contributed by atoms with Gasteiger partial charge in [-0.25, -0.2) is 9.67 Å². The highest BCUT2D eigenvalue weighted by atomic mass is 35.5. The van der Waals surface area contributed by atoms with E-state index in [9.17, 15) is 18.0 Å². The van der Waals surface area contributed by atoms with Gasteiger partial charge >= 0.3 is 6.18 Å². The molecule has 2 heterocycles. The molecular formula is C19H15Cl2F3N4O. The van der Waals surface area contributed by atoms with Crippen molar-refractivity contribution in [2.75, 3.05) is 0 Å². The number of benzene rings is 1. The van der Waals surface area contributed by atoms with E-state index in [0.717, 1.165) is 6.07 Å². The summed E-state index contributed by atoms with van der Waals surface area (Å²) in [5.74, 6) is -0.728. The van der Waals surface area contributed by atoms with Gasteiger partial charge in [0, 0.05) is 12.2 Å². The maximum Gasteiger partial charge on any atom is 0.416 e. The van der Waals surface area contributed by atoms with Crippen LogP contribution in [0.15, 0.2) is 36.4 Å². The third-order valence-corrected chi connectivity index (χ3v) is 4.64. The van der Waals surface area contributed by atoms with Crippen LogP contribution in [-0.2, 0) is 12.7 Å². The molecule has 0 radical (unpaired) electrons. The molecule has 0 bridgehead atoms. The van der Waals surface area contributed by atoms with Crippen LogP contribution in [0.3, 0.4) is 0 Å². The highest BCUT2D eigenvalue weighted by Crippen LogP contribution is 2.33. The molecule has 3 rings (SSSR count). The number of aromatic nitrogens is 3. The first-order chi connectivity index (χ1) is 13.6. The van der Waals surface area contributed by atoms with E-state index in [2.05, 4.69) is 15.4 Å². The van der Waals surface area contributed by atoms with Crippen LogP contribution in [0.25, 0.3) is 5.69 Å². The second-order valence-electron chi connectivity index (χ2n) is 6.33. The summed E-state index contributed by atoms with van der Waals surface area (Å²) in [6.07, 6.45) is -4.61. The van der Waals surface area contributed by atoms with Gasteiger partial charge in [0.2, 0.25) is 0 Å². The molecule has 0 saturated carbocycles. The molecule has 1 N–H and O–H groups in total. The van der Waals surface area contributed by atoms with Crippen molar-refractivity contribution < 1.29 is 18.0 Å². The molecule has 0 aliphatic carbocycles. The number of nitrogens with one attached hydrogen (secondary N) is 1. The Morgan fingerprint density at radius 2 is 1.86 bits per heavy atom. The molecule has 1 aromatic carbocycles. The van der Waals surface area contributed by atoms with Crippen LogP contribution in [0, 0.1) is 13.8 Å². The number of halogens is 5. The molecule has 0 unspecified atom stereocenters. The summed E-state index contributed by atoms with van der Waals surface area (Å²) in [5.41, 5.74) is 0.545. The number of hydrogen-bond donors (Lipinski definition) is 1. The number of hydrogen-bond acceptors (Lipinski definition) is 3. The number of aryl methyl sites for hydroxylation is 2. The average molecular weight is 443 g/mol. The Kier molecular flexibility index (Phi) is 5.86. The maximum absolute atomic E-state index is 13.6. The molecule has 0 aliphatic rings. The lowest BCUT2D eigenvalue weighted by molar-refractivity contribution is -0.138. The van der Waals surface area contributed by atoms with Gasteiger partial charge < -0.3 is 5.32 Å². The van der Waals surface area contributed by atoms with Crippen molar-refractivity contribution >= 4 is 29.1 Å². The van der Waals surface area contributed by atoms with E-state index in [4.69, 9.17) is 23.2 Å². The van der Waals surface area contributed by atoms with Gasteiger partial charge in [0.25, 0.3) is 5.91 Å². The molecule has 10 heteroatoms. The number of carbonyl (C=O) groups is 1. The van der Waals surface area contributed by atoms with E-state index in [-0.39, 0.29) is 33.7 Å². The zero-order valence-corrected chi connectivity index (χ0v) is 16.8. The highest BCUT2D eigenvalue weighted by molar-refractivity contribution is 6.34. The average Bonchev–Trinajstić information content (AvgIpc) is 2.99. The number of alkyl halides is 3. The standard InChI is InChI=1S/C19H15Cl2F3N4O/c1-10-7-11(2)28(27-10)13-4-3-12(14(8-13)19(22,23)24)9-25-18(29)17-15(20)5-6-16(21)26-17/h3-8H,9H2,1-2H3,(H,25,29). The molecule has 152 valence electrons. The van der Waals surface area contributed by atoms with Crippen molar-refractivity contribution in [3.8, 4) is 5.69 Å². The van der Waals surface area contributed by atoms with E-state index >= 15 is 0 Å². The van der Waals surface area contributed by atoms with E-state index in [1.54, 1.807) is 19.9 Å². The van der Waals surface area contributed by atoms with E-state index in [1.165, 1.54) is 28.9 Å². The van der Waals surface area contributed by atoms with Gasteiger partial charge in [-0.15, -0.1) is 0 Å². The van der Waals surface area contributed by atoms with Gasteiger partial charge in [-0.05, 0) is 49.7 Å². The zero-order chi connectivity index (χ0) is 21.3. The molecule has 0 saturated heterocycles. The fourth-order valence-electron chi connectivity index (χ4n) is 2.84. The summed E-state index contributed by atoms with van der Waals surface area (Å²) >= 11 is 11.7. The number of pyridine rings is 1. The van der Waals surface area contributed by atoms with Gasteiger partial charge in [0.15, 0.2) is 0 Å². The number of rotatable bonds is 4. The summed E-state index contributed by atoms with van der Waals surface area (Å²) in [5, 5.41) is 6.70. The Morgan fingerprint density at radius 3 is 2.48 bits per heavy atom. The topological polar surface area (TPSA) is 59.8 Å². The quantitative estimate of drug-likeness (QED) is 0.569. The first-order valence-corrected chi connectivity index (χ1v) is 9.16. The molecular weight excluding hydrogens is 428 g/mol. The predicted molar refractivity (Wildman–Crippen MR) is 103 cm³/mol. The van der Waals surface area contributed by atoms with E-state index in [1.807, 2.05) is 0 Å². The Morgan fingerprint density at radius 1 is 1.14 bits per heavy atom. The van der Waals surface area contributed by atoms with Crippen LogP contribution in [0.1, 0.15) is 33.0 Å². The lowest BCUT2D eigenvalue weighted by atomic mass is 10.1. The molecule has 29 heavy (non-hydrogen) atoms. The monoisotopic (exact) mass is 442 g/mol. The van der Waals surface area contributed by atoms with E-state index < -0.39 is 17.6 Å². The largest absolute Gasteiger partial charge is 0.416 e. The second-order valence-corrected chi connectivity index (χ2v) is 7.12. The molecule has 2 aromatic heterocycles. The van der Waals surface area contributed by atoms with Crippen molar-refractivity contribution in [1.82, 2.24) is 20.1 Å². The van der Waals surface area contributed by atoms with Crippen molar-refractivity contribution in [3.63, 3.8) is 0 Å². The van der Waals surface area contributed by atoms with Crippen LogP contribution in [0.2, 0.25) is 10.2 Å². The van der Waals surface area contributed by atoms with Gasteiger partial charge in [-0.2, -0.15) is 18.3 Å². The predicted octanol–water partition coefficient (Wildman–Crippen LogP) is 5.14. The molecule has 0 aliphatic heterocycles. The van der Waals surface area contributed by atoms with Crippen molar-refractivity contribution in [1.29, 1.82) is 0 Å². The Hall–Kier alpha value is -2.58. The van der Waals surface area contributed by atoms with Crippen LogP contribution in [-0.4, -0.2) is 20.7 Å². The molecule has 0 fully saturated rings. The third-order valence-electron chi connectivity index (χ3n) is 4.12. The molecule has 1 amide bonds. The maximum atomic E-state index is 13.6. The summed E-state index contributed by atoms with van der Waals surface area (Å²) in [7, 11) is 0. The SMILES string of the molecule is Cc1cc(C)n(-c2ccc(CNC(=O)c3nc(Cl)ccc3Cl)c(C(F)(F)F)c2)n1. The van der Waals surface area contributed by atoms with Gasteiger partial charge in [0.05, 0.1) is 22.0 Å². The second kappa shape index (κ2) is 8.04. The molecule has 5 nitrogen and oxygen atoms in total. The Labute approximate surface area is 174 Å². The van der Waals surface area contributed by atoms with Crippen molar-refractivity contribution in [2.45, 2.75) is 26.6 Å². The normalized spacial score (nSPS) is 11.6. The number of carbonyl (C=O) groups excluding carboxylic acids is 1. The van der Waals surface area contributed by atoms with Crippen LogP contribution >= 0.6 is 23.2 Å². The molecule has 0 atom stereocenters. The fourth-order valence-corrected chi connectivity index (χ4v) is 3.18. The fraction of sp³-hybridized carbons (Fsp3) is 0.211. The molecule has 3 aromatic rings. The van der Waals surface area contributed by atoms with Gasteiger partial charge in [-0.3, -0.25) is 4.79 Å². The van der Waals surface area contributed by atoms with Crippen LogP contribution in [0.4, 0.5) is 13.2 Å². The summed E-state index contributed by atoms with van der Waals surface area (Å²) in [4.78, 5) is 16.1. The number of amides is 1. The number of nitrogens with zero attached hydrogens (tertiary/aromatic N) is 3. The summed E-state index contributed by atoms with van der Waals surface area (Å²) in [6, 6.07) is 8.38. The Bertz CT molecular complexity index is 1080. The third kappa shape index (κ3) is 4.71. The summed E-state index contributed by atoms with van der Waals surface area (Å²) in [6.45, 7) is 3.14. The summed E-state index contributed by atoms with van der Waals surface area (Å²) < 4.78 is 42.3. The van der Waals surface area contributed by atoms with Gasteiger partial charge in [-0.1, -0.05) is 29.3 Å². The Balaban J connectivity index is 1.90. The minimum absolute atomic E-state index is 0.0443. The molecule has 0 spiro atoms. The highest BCUT2D eigenvalue weighted by Gasteiger charge is 2.34. The van der Waals surface area contributed by atoms with Crippen molar-refractivity contribution in [2.24, 2.45) is 0 Å². The smallest absolute Gasteiger partial charge is 0.347 e. The zero-order valence-electron chi connectivity index (χ0n) is 15.3. The first kappa shape index (κ1) is 21.1. The lowest BCUT2D eigenvalue weighted by Crippen LogP contribution is -2.26. The van der Waals surface area contributed by atoms with Crippen LogP contribution < -0.4 is 5.32 Å². The lowest BCUT2D eigenvalue weighted by Gasteiger charge is -2.16. The minimum Gasteiger partial charge on any atom is -0.347 e. The first-order valence-electron chi connectivity index (χ1n) is 8.40. The van der Waals surface area contributed by atoms with E-state index in [0.29, 0.717) is 11.4 Å². The minimum atomic E-state index is -4.61. The van der Waals surface area contributed by atoms with Crippen LogP contribution in [0.5, 0.6) is 0 Å². The van der Waals surface area contributed by atoms with Crippen molar-refractivity contribution in [3.05, 3.63) is 74.8 Å².